The Morgan fingerprint density at radius 2 is 1.88 bits per heavy atom. The van der Waals surface area contributed by atoms with E-state index in [9.17, 15) is 4.79 Å². The van der Waals surface area contributed by atoms with Crippen LogP contribution in [0.4, 0.5) is 0 Å². The predicted molar refractivity (Wildman–Crippen MR) is 102 cm³/mol. The van der Waals surface area contributed by atoms with Gasteiger partial charge in [0.1, 0.15) is 6.73 Å². The zero-order valence-electron chi connectivity index (χ0n) is 14.8. The van der Waals surface area contributed by atoms with Crippen molar-refractivity contribution in [2.75, 3.05) is 6.61 Å². The predicted octanol–water partition coefficient (Wildman–Crippen LogP) is 4.79. The minimum Gasteiger partial charge on any atom is -0.361 e. The van der Waals surface area contributed by atoms with Crippen molar-refractivity contribution in [3.63, 3.8) is 0 Å². The lowest BCUT2D eigenvalue weighted by Crippen LogP contribution is -2.23. The molecule has 130 valence electrons. The van der Waals surface area contributed by atoms with Crippen molar-refractivity contribution in [3.05, 3.63) is 50.0 Å². The van der Waals surface area contributed by atoms with Crippen molar-refractivity contribution < 1.29 is 4.74 Å². The topological polar surface area (TPSA) is 47.0 Å². The Kier molecular flexibility index (Phi) is 6.43. The molecule has 0 aliphatic carbocycles. The SMILES string of the molecule is CCOCn1c(Sc2cc(C)cc(C)c2)c(C(C)C)c(=O)[nH]c1=S. The van der Waals surface area contributed by atoms with E-state index in [0.29, 0.717) is 18.1 Å². The minimum absolute atomic E-state index is 0.0885. The molecule has 1 N–H and O–H groups in total. The van der Waals surface area contributed by atoms with Crippen molar-refractivity contribution in [1.29, 1.82) is 0 Å². The molecule has 6 heteroatoms. The molecule has 0 unspecified atom stereocenters. The van der Waals surface area contributed by atoms with Crippen LogP contribution < -0.4 is 5.56 Å². The second kappa shape index (κ2) is 8.14. The van der Waals surface area contributed by atoms with Gasteiger partial charge in [0.15, 0.2) is 4.77 Å². The van der Waals surface area contributed by atoms with Crippen LogP contribution in [0, 0.1) is 18.6 Å². The molecule has 0 radical (unpaired) electrons. The molecule has 2 aromatic rings. The second-order valence-corrected chi connectivity index (χ2v) is 7.56. The van der Waals surface area contributed by atoms with Gasteiger partial charge in [0.2, 0.25) is 0 Å². The van der Waals surface area contributed by atoms with E-state index in [0.717, 1.165) is 15.5 Å². The van der Waals surface area contributed by atoms with Gasteiger partial charge >= 0.3 is 0 Å². The Morgan fingerprint density at radius 3 is 2.42 bits per heavy atom. The van der Waals surface area contributed by atoms with Gasteiger partial charge in [0.25, 0.3) is 5.56 Å². The number of aryl methyl sites for hydroxylation is 2. The molecular weight excluding hydrogens is 340 g/mol. The standard InChI is InChI=1S/C18H24N2O2S2/c1-6-22-10-20-17(15(11(2)3)16(21)19-18(20)23)24-14-8-12(4)7-13(5)9-14/h7-9,11H,6,10H2,1-5H3,(H,19,21,23). The highest BCUT2D eigenvalue weighted by Crippen LogP contribution is 2.33. The molecule has 1 aromatic heterocycles. The lowest BCUT2D eigenvalue weighted by Gasteiger charge is -2.19. The van der Waals surface area contributed by atoms with Crippen LogP contribution in [0.5, 0.6) is 0 Å². The fraction of sp³-hybridized carbons (Fsp3) is 0.444. The summed E-state index contributed by atoms with van der Waals surface area (Å²) >= 11 is 6.94. The number of hydrogen-bond donors (Lipinski definition) is 1. The van der Waals surface area contributed by atoms with Crippen molar-refractivity contribution >= 4 is 24.0 Å². The highest BCUT2D eigenvalue weighted by Gasteiger charge is 2.18. The first-order chi connectivity index (χ1) is 11.3. The van der Waals surface area contributed by atoms with Gasteiger partial charge in [0.05, 0.1) is 10.6 Å². The Labute approximate surface area is 152 Å². The number of aromatic amines is 1. The molecule has 0 saturated carbocycles. The highest BCUT2D eigenvalue weighted by atomic mass is 32.2. The van der Waals surface area contributed by atoms with Crippen molar-refractivity contribution in [3.8, 4) is 0 Å². The van der Waals surface area contributed by atoms with Crippen LogP contribution >= 0.6 is 24.0 Å². The number of aromatic nitrogens is 2. The largest absolute Gasteiger partial charge is 0.361 e. The van der Waals surface area contributed by atoms with E-state index in [1.165, 1.54) is 11.1 Å². The maximum Gasteiger partial charge on any atom is 0.256 e. The van der Waals surface area contributed by atoms with Crippen LogP contribution in [-0.2, 0) is 11.5 Å². The smallest absolute Gasteiger partial charge is 0.256 e. The molecule has 1 heterocycles. The van der Waals surface area contributed by atoms with Crippen LogP contribution in [0.15, 0.2) is 32.9 Å². The van der Waals surface area contributed by atoms with E-state index in [2.05, 4.69) is 37.0 Å². The zero-order valence-corrected chi connectivity index (χ0v) is 16.4. The first-order valence-electron chi connectivity index (χ1n) is 8.04. The first kappa shape index (κ1) is 19.0. The van der Waals surface area contributed by atoms with Crippen molar-refractivity contribution in [2.24, 2.45) is 0 Å². The van der Waals surface area contributed by atoms with Gasteiger partial charge in [-0.3, -0.25) is 14.3 Å². The average molecular weight is 365 g/mol. The maximum atomic E-state index is 12.5. The van der Waals surface area contributed by atoms with Crippen LogP contribution in [0.3, 0.4) is 0 Å². The summed E-state index contributed by atoms with van der Waals surface area (Å²) in [5.41, 5.74) is 3.02. The molecule has 0 spiro atoms. The molecule has 0 aliphatic heterocycles. The van der Waals surface area contributed by atoms with Gasteiger partial charge in [-0.25, -0.2) is 0 Å². The van der Waals surface area contributed by atoms with Crippen LogP contribution in [0.2, 0.25) is 0 Å². The third kappa shape index (κ3) is 4.37. The molecule has 0 bridgehead atoms. The van der Waals surface area contributed by atoms with E-state index < -0.39 is 0 Å². The molecule has 0 fully saturated rings. The number of rotatable bonds is 6. The molecule has 2 rings (SSSR count). The molecule has 1 aromatic carbocycles. The lowest BCUT2D eigenvalue weighted by atomic mass is 10.1. The molecule has 4 nitrogen and oxygen atoms in total. The molecular formula is C18H24N2O2S2. The Bertz CT molecular complexity index is 818. The zero-order chi connectivity index (χ0) is 17.9. The third-order valence-electron chi connectivity index (χ3n) is 3.60. The minimum atomic E-state index is -0.116. The Hall–Kier alpha value is -1.37. The monoisotopic (exact) mass is 364 g/mol. The summed E-state index contributed by atoms with van der Waals surface area (Å²) in [4.78, 5) is 16.3. The van der Waals surface area contributed by atoms with E-state index in [1.807, 2.05) is 25.3 Å². The normalized spacial score (nSPS) is 11.2. The molecule has 0 aliphatic rings. The number of benzene rings is 1. The van der Waals surface area contributed by atoms with E-state index in [4.69, 9.17) is 17.0 Å². The average Bonchev–Trinajstić information content (AvgIpc) is 2.45. The summed E-state index contributed by atoms with van der Waals surface area (Å²) in [6, 6.07) is 6.38. The van der Waals surface area contributed by atoms with Crippen LogP contribution in [0.1, 0.15) is 43.4 Å². The third-order valence-corrected chi connectivity index (χ3v) is 5.02. The summed E-state index contributed by atoms with van der Waals surface area (Å²) < 4.78 is 7.83. The molecule has 0 saturated heterocycles. The van der Waals surface area contributed by atoms with Gasteiger partial charge < -0.3 is 4.74 Å². The number of nitrogens with one attached hydrogen (secondary N) is 1. The quantitative estimate of drug-likeness (QED) is 0.591. The summed E-state index contributed by atoms with van der Waals surface area (Å²) in [7, 11) is 0. The Morgan fingerprint density at radius 1 is 1.25 bits per heavy atom. The summed E-state index contributed by atoms with van der Waals surface area (Å²) in [6.45, 7) is 11.0. The Balaban J connectivity index is 2.63. The summed E-state index contributed by atoms with van der Waals surface area (Å²) in [6.07, 6.45) is 0. The van der Waals surface area contributed by atoms with E-state index in [-0.39, 0.29) is 11.5 Å². The molecule has 24 heavy (non-hydrogen) atoms. The first-order valence-corrected chi connectivity index (χ1v) is 9.26. The van der Waals surface area contributed by atoms with Gasteiger partial charge in [-0.15, -0.1) is 0 Å². The van der Waals surface area contributed by atoms with Crippen molar-refractivity contribution in [1.82, 2.24) is 9.55 Å². The number of H-pyrrole nitrogens is 1. The number of nitrogens with zero attached hydrogens (tertiary/aromatic N) is 1. The van der Waals surface area contributed by atoms with Gasteiger partial charge in [0, 0.05) is 11.5 Å². The molecule has 0 amide bonds. The fourth-order valence-corrected chi connectivity index (χ4v) is 4.29. The number of ether oxygens (including phenoxy) is 1. The summed E-state index contributed by atoms with van der Waals surface area (Å²) in [5, 5.41) is 0.859. The van der Waals surface area contributed by atoms with Crippen molar-refractivity contribution in [2.45, 2.75) is 57.2 Å². The van der Waals surface area contributed by atoms with E-state index in [1.54, 1.807) is 11.8 Å². The fourth-order valence-electron chi connectivity index (χ4n) is 2.59. The lowest BCUT2D eigenvalue weighted by molar-refractivity contribution is 0.0793. The highest BCUT2D eigenvalue weighted by molar-refractivity contribution is 7.99. The van der Waals surface area contributed by atoms with Gasteiger partial charge in [-0.1, -0.05) is 31.7 Å². The van der Waals surface area contributed by atoms with E-state index >= 15 is 0 Å². The van der Waals surface area contributed by atoms with Crippen LogP contribution in [0.25, 0.3) is 0 Å². The summed E-state index contributed by atoms with van der Waals surface area (Å²) in [5.74, 6) is 0.0885. The maximum absolute atomic E-state index is 12.5. The van der Waals surface area contributed by atoms with Gasteiger partial charge in [-0.05, 0) is 62.2 Å². The van der Waals surface area contributed by atoms with Crippen LogP contribution in [-0.4, -0.2) is 16.2 Å². The second-order valence-electron chi connectivity index (χ2n) is 6.11. The molecule has 0 atom stereocenters. The van der Waals surface area contributed by atoms with Gasteiger partial charge in [-0.2, -0.15) is 0 Å². The number of hydrogen-bond acceptors (Lipinski definition) is 4.